The van der Waals surface area contributed by atoms with Crippen LogP contribution in [0.3, 0.4) is 0 Å². The molecule has 0 fully saturated rings. The van der Waals surface area contributed by atoms with Gasteiger partial charge in [0.25, 0.3) is 0 Å². The predicted octanol–water partition coefficient (Wildman–Crippen LogP) is 8.51. The van der Waals surface area contributed by atoms with Crippen LogP contribution in [-0.2, 0) is 6.42 Å². The normalized spacial score (nSPS) is 10.9. The molecule has 0 amide bonds. The molecular formula is C29H29N. The Kier molecular flexibility index (Phi) is 5.99. The van der Waals surface area contributed by atoms with Gasteiger partial charge in [-0.15, -0.1) is 0 Å². The number of para-hydroxylation sites is 2. The molecule has 1 nitrogen and oxygen atoms in total. The molecule has 4 aromatic carbocycles. The van der Waals surface area contributed by atoms with Crippen molar-refractivity contribution >= 4 is 17.1 Å². The van der Waals surface area contributed by atoms with E-state index in [4.69, 9.17) is 0 Å². The Balaban J connectivity index is 1.76. The van der Waals surface area contributed by atoms with Crippen LogP contribution in [0.5, 0.6) is 0 Å². The van der Waals surface area contributed by atoms with Crippen molar-refractivity contribution in [2.45, 2.75) is 33.1 Å². The summed E-state index contributed by atoms with van der Waals surface area (Å²) in [6.45, 7) is 6.81. The molecule has 0 saturated carbocycles. The van der Waals surface area contributed by atoms with Crippen LogP contribution >= 0.6 is 0 Å². The van der Waals surface area contributed by atoms with Crippen molar-refractivity contribution < 1.29 is 0 Å². The van der Waals surface area contributed by atoms with E-state index < -0.39 is 0 Å². The number of hydrogen-bond acceptors (Lipinski definition) is 1. The van der Waals surface area contributed by atoms with Crippen LogP contribution in [0.1, 0.15) is 37.8 Å². The molecule has 30 heavy (non-hydrogen) atoms. The van der Waals surface area contributed by atoms with E-state index in [-0.39, 0.29) is 0 Å². The van der Waals surface area contributed by atoms with Gasteiger partial charge in [-0.25, -0.2) is 0 Å². The summed E-state index contributed by atoms with van der Waals surface area (Å²) >= 11 is 0. The highest BCUT2D eigenvalue weighted by Crippen LogP contribution is 2.36. The van der Waals surface area contributed by atoms with E-state index in [0.717, 1.165) is 23.5 Å². The Morgan fingerprint density at radius 2 is 1.13 bits per heavy atom. The van der Waals surface area contributed by atoms with Gasteiger partial charge in [0.1, 0.15) is 0 Å². The van der Waals surface area contributed by atoms with Crippen LogP contribution in [0.15, 0.2) is 103 Å². The van der Waals surface area contributed by atoms with Crippen molar-refractivity contribution in [3.63, 3.8) is 0 Å². The quantitative estimate of drug-likeness (QED) is 0.318. The number of nitrogens with zero attached hydrogens (tertiary/aromatic N) is 1. The third-order valence-electron chi connectivity index (χ3n) is 5.65. The van der Waals surface area contributed by atoms with Gasteiger partial charge in [0.2, 0.25) is 0 Å². The molecule has 0 heterocycles. The maximum absolute atomic E-state index is 2.30. The van der Waals surface area contributed by atoms with E-state index >= 15 is 0 Å². The van der Waals surface area contributed by atoms with Crippen LogP contribution in [0.2, 0.25) is 0 Å². The van der Waals surface area contributed by atoms with Crippen LogP contribution in [0.25, 0.3) is 11.1 Å². The molecule has 4 rings (SSSR count). The van der Waals surface area contributed by atoms with Crippen molar-refractivity contribution in [3.05, 3.63) is 114 Å². The van der Waals surface area contributed by atoms with Gasteiger partial charge in [0.05, 0.1) is 0 Å². The molecule has 0 saturated heterocycles. The maximum Gasteiger partial charge on any atom is 0.0462 e. The lowest BCUT2D eigenvalue weighted by molar-refractivity contribution is 0.845. The summed E-state index contributed by atoms with van der Waals surface area (Å²) in [6.07, 6.45) is 1.05. The minimum Gasteiger partial charge on any atom is -0.311 e. The van der Waals surface area contributed by atoms with Gasteiger partial charge in [-0.2, -0.15) is 0 Å². The Bertz CT molecular complexity index is 1040. The smallest absolute Gasteiger partial charge is 0.0462 e. The summed E-state index contributed by atoms with van der Waals surface area (Å²) in [5, 5.41) is 0. The average molecular weight is 392 g/mol. The minimum absolute atomic E-state index is 0.533. The first kappa shape index (κ1) is 20.0. The summed E-state index contributed by atoms with van der Waals surface area (Å²) in [4.78, 5) is 2.30. The second-order valence-corrected chi connectivity index (χ2v) is 7.93. The molecule has 0 bridgehead atoms. The van der Waals surface area contributed by atoms with E-state index in [1.165, 1.54) is 22.3 Å². The molecule has 0 spiro atoms. The van der Waals surface area contributed by atoms with Gasteiger partial charge < -0.3 is 4.90 Å². The van der Waals surface area contributed by atoms with Crippen molar-refractivity contribution in [2.24, 2.45) is 0 Å². The predicted molar refractivity (Wildman–Crippen MR) is 130 cm³/mol. The molecule has 0 aliphatic rings. The molecule has 0 atom stereocenters. The summed E-state index contributed by atoms with van der Waals surface area (Å²) in [7, 11) is 0. The summed E-state index contributed by atoms with van der Waals surface area (Å²) in [6, 6.07) is 36.8. The topological polar surface area (TPSA) is 3.24 Å². The monoisotopic (exact) mass is 391 g/mol. The van der Waals surface area contributed by atoms with E-state index in [9.17, 15) is 0 Å². The standard InChI is InChI=1S/C29H29N/c1-4-27-28(22(2)3)16-11-17-29(27)23-18-20-26(21-19-23)30(24-12-7-5-8-13-24)25-14-9-6-10-15-25/h5-22H,4H2,1-3H3. The molecule has 0 aliphatic heterocycles. The zero-order valence-electron chi connectivity index (χ0n) is 18.0. The zero-order valence-corrected chi connectivity index (χ0v) is 18.0. The largest absolute Gasteiger partial charge is 0.311 e. The lowest BCUT2D eigenvalue weighted by Gasteiger charge is -2.25. The Labute approximate surface area is 180 Å². The number of anilines is 3. The van der Waals surface area contributed by atoms with Crippen molar-refractivity contribution in [1.29, 1.82) is 0 Å². The number of hydrogen-bond donors (Lipinski definition) is 0. The van der Waals surface area contributed by atoms with Gasteiger partial charge in [0.15, 0.2) is 0 Å². The molecular weight excluding hydrogens is 362 g/mol. The van der Waals surface area contributed by atoms with Gasteiger partial charge in [-0.05, 0) is 71.0 Å². The SMILES string of the molecule is CCc1c(-c2ccc(N(c3ccccc3)c3ccccc3)cc2)cccc1C(C)C. The number of rotatable bonds is 6. The second-order valence-electron chi connectivity index (χ2n) is 7.93. The lowest BCUT2D eigenvalue weighted by Crippen LogP contribution is -2.09. The molecule has 0 radical (unpaired) electrons. The summed E-state index contributed by atoms with van der Waals surface area (Å²) < 4.78 is 0. The van der Waals surface area contributed by atoms with E-state index in [2.05, 4.69) is 129 Å². The maximum atomic E-state index is 2.30. The molecule has 4 aromatic rings. The first-order valence-electron chi connectivity index (χ1n) is 10.8. The van der Waals surface area contributed by atoms with E-state index in [1.807, 2.05) is 0 Å². The fraction of sp³-hybridized carbons (Fsp3) is 0.172. The Morgan fingerprint density at radius 3 is 1.63 bits per heavy atom. The average Bonchev–Trinajstić information content (AvgIpc) is 2.80. The summed E-state index contributed by atoms with van der Waals surface area (Å²) in [5.74, 6) is 0.533. The third kappa shape index (κ3) is 4.02. The molecule has 1 heteroatoms. The Hall–Kier alpha value is -3.32. The van der Waals surface area contributed by atoms with Crippen LogP contribution in [-0.4, -0.2) is 0 Å². The van der Waals surface area contributed by atoms with Gasteiger partial charge in [-0.3, -0.25) is 0 Å². The fourth-order valence-electron chi connectivity index (χ4n) is 4.20. The minimum atomic E-state index is 0.533. The van der Waals surface area contributed by atoms with Crippen LogP contribution in [0.4, 0.5) is 17.1 Å². The Morgan fingerprint density at radius 1 is 0.600 bits per heavy atom. The third-order valence-corrected chi connectivity index (χ3v) is 5.65. The molecule has 0 aliphatic carbocycles. The number of benzene rings is 4. The summed E-state index contributed by atoms with van der Waals surface area (Å²) in [5.41, 5.74) is 9.02. The first-order valence-corrected chi connectivity index (χ1v) is 10.8. The second kappa shape index (κ2) is 9.00. The zero-order chi connectivity index (χ0) is 20.9. The van der Waals surface area contributed by atoms with Gasteiger partial charge in [-0.1, -0.05) is 87.5 Å². The highest BCUT2D eigenvalue weighted by atomic mass is 15.1. The lowest BCUT2D eigenvalue weighted by atomic mass is 9.89. The highest BCUT2D eigenvalue weighted by Gasteiger charge is 2.14. The molecule has 0 aromatic heterocycles. The van der Waals surface area contributed by atoms with Crippen LogP contribution < -0.4 is 4.90 Å². The molecule has 0 N–H and O–H groups in total. The first-order chi connectivity index (χ1) is 14.7. The van der Waals surface area contributed by atoms with Crippen molar-refractivity contribution in [3.8, 4) is 11.1 Å². The fourth-order valence-corrected chi connectivity index (χ4v) is 4.20. The van der Waals surface area contributed by atoms with E-state index in [1.54, 1.807) is 0 Å². The van der Waals surface area contributed by atoms with Gasteiger partial charge >= 0.3 is 0 Å². The highest BCUT2D eigenvalue weighted by molar-refractivity contribution is 5.78. The molecule has 0 unspecified atom stereocenters. The van der Waals surface area contributed by atoms with Crippen molar-refractivity contribution in [1.82, 2.24) is 0 Å². The van der Waals surface area contributed by atoms with Crippen molar-refractivity contribution in [2.75, 3.05) is 4.90 Å². The van der Waals surface area contributed by atoms with Gasteiger partial charge in [0, 0.05) is 17.1 Å². The van der Waals surface area contributed by atoms with E-state index in [0.29, 0.717) is 5.92 Å². The molecule has 150 valence electrons. The van der Waals surface area contributed by atoms with Crippen LogP contribution in [0, 0.1) is 0 Å².